The molecule has 3 nitrogen and oxygen atoms in total. The molecule has 1 aromatic rings. The van der Waals surface area contributed by atoms with Gasteiger partial charge in [-0.15, -0.1) is 0 Å². The lowest BCUT2D eigenvalue weighted by Gasteiger charge is -2.33. The number of nitrogens with zero attached hydrogens (tertiary/aromatic N) is 2. The van der Waals surface area contributed by atoms with Crippen LogP contribution in [0.15, 0.2) is 0 Å². The Bertz CT molecular complexity index is 499. The van der Waals surface area contributed by atoms with Crippen molar-refractivity contribution >= 4 is 0 Å². The molecule has 1 fully saturated rings. The second-order valence-corrected chi connectivity index (χ2v) is 6.48. The van der Waals surface area contributed by atoms with Crippen LogP contribution in [0.5, 0.6) is 0 Å². The van der Waals surface area contributed by atoms with E-state index in [1.165, 1.54) is 4.68 Å². The third kappa shape index (κ3) is 3.65. The topological polar surface area (TPSA) is 29.9 Å². The fourth-order valence-electron chi connectivity index (χ4n) is 3.52. The highest BCUT2D eigenvalue weighted by molar-refractivity contribution is 5.29. The molecule has 0 aliphatic heterocycles. The van der Waals surface area contributed by atoms with Crippen molar-refractivity contribution in [2.24, 2.45) is 13.0 Å². The maximum Gasteiger partial charge on any atom is 0.408 e. The average Bonchev–Trinajstić information content (AvgIpc) is 2.69. The number of nitrogens with one attached hydrogen (secondary N) is 1. The summed E-state index contributed by atoms with van der Waals surface area (Å²) >= 11 is 0. The largest absolute Gasteiger partial charge is 0.408 e. The number of rotatable bonds is 4. The van der Waals surface area contributed by atoms with Crippen LogP contribution in [-0.4, -0.2) is 22.0 Å². The van der Waals surface area contributed by atoms with Gasteiger partial charge >= 0.3 is 6.18 Å². The van der Waals surface area contributed by atoms with E-state index in [4.69, 9.17) is 0 Å². The van der Waals surface area contributed by atoms with Crippen LogP contribution in [0.3, 0.4) is 0 Å². The Morgan fingerprint density at radius 1 is 1.23 bits per heavy atom. The molecular weight excluding hydrogens is 291 g/mol. The average molecular weight is 317 g/mol. The standard InChI is InChI=1S/C16H26F3N3/c1-5-12-6-8-13(9-7-12)20-15(16(17,18)19)14-10(2)21-22(4)11(14)3/h12-13,15,20H,5-9H2,1-4H3. The van der Waals surface area contributed by atoms with Crippen LogP contribution in [0.2, 0.25) is 0 Å². The number of hydrogen-bond acceptors (Lipinski definition) is 2. The van der Waals surface area contributed by atoms with Crippen molar-refractivity contribution in [2.75, 3.05) is 0 Å². The monoisotopic (exact) mass is 317 g/mol. The summed E-state index contributed by atoms with van der Waals surface area (Å²) in [5.41, 5.74) is 1.32. The van der Waals surface area contributed by atoms with E-state index in [1.807, 2.05) is 0 Å². The van der Waals surface area contributed by atoms with Gasteiger partial charge in [0.15, 0.2) is 0 Å². The molecule has 1 saturated carbocycles. The molecule has 1 aromatic heterocycles. The first-order chi connectivity index (χ1) is 10.2. The van der Waals surface area contributed by atoms with Crippen molar-refractivity contribution in [2.45, 2.75) is 71.1 Å². The third-order valence-electron chi connectivity index (χ3n) is 5.01. The Kier molecular flexibility index (Phi) is 5.20. The Hall–Kier alpha value is -1.04. The Morgan fingerprint density at radius 2 is 1.82 bits per heavy atom. The minimum Gasteiger partial charge on any atom is -0.300 e. The number of aryl methyl sites for hydroxylation is 2. The molecule has 1 N–H and O–H groups in total. The molecule has 1 atom stereocenters. The normalized spacial score (nSPS) is 24.5. The number of aromatic nitrogens is 2. The summed E-state index contributed by atoms with van der Waals surface area (Å²) < 4.78 is 42.2. The van der Waals surface area contributed by atoms with Crippen molar-refractivity contribution < 1.29 is 13.2 Å². The van der Waals surface area contributed by atoms with Crippen molar-refractivity contribution in [1.82, 2.24) is 15.1 Å². The van der Waals surface area contributed by atoms with Crippen LogP contribution >= 0.6 is 0 Å². The summed E-state index contributed by atoms with van der Waals surface area (Å²) in [6, 6.07) is -1.68. The SMILES string of the molecule is CCC1CCC(NC(c2c(C)nn(C)c2C)C(F)(F)F)CC1. The molecule has 0 amide bonds. The quantitative estimate of drug-likeness (QED) is 0.902. The molecule has 1 heterocycles. The van der Waals surface area contributed by atoms with Crippen molar-refractivity contribution in [3.05, 3.63) is 17.0 Å². The minimum absolute atomic E-state index is 0.0616. The highest BCUT2D eigenvalue weighted by atomic mass is 19.4. The lowest BCUT2D eigenvalue weighted by molar-refractivity contribution is -0.160. The van der Waals surface area contributed by atoms with Crippen molar-refractivity contribution in [1.29, 1.82) is 0 Å². The summed E-state index contributed by atoms with van der Waals surface area (Å²) in [6.07, 6.45) is 0.497. The van der Waals surface area contributed by atoms with E-state index in [1.54, 1.807) is 20.9 Å². The number of alkyl halides is 3. The Morgan fingerprint density at radius 3 is 2.23 bits per heavy atom. The van der Waals surface area contributed by atoms with E-state index in [-0.39, 0.29) is 11.6 Å². The first-order valence-electron chi connectivity index (χ1n) is 8.06. The van der Waals surface area contributed by atoms with E-state index >= 15 is 0 Å². The van der Waals surface area contributed by atoms with Gasteiger partial charge in [-0.3, -0.25) is 10.00 Å². The van der Waals surface area contributed by atoms with E-state index in [2.05, 4.69) is 17.3 Å². The molecule has 1 aliphatic rings. The summed E-state index contributed by atoms with van der Waals surface area (Å²) in [7, 11) is 1.69. The summed E-state index contributed by atoms with van der Waals surface area (Å²) in [5.74, 6) is 0.671. The van der Waals surface area contributed by atoms with Crippen LogP contribution in [-0.2, 0) is 7.05 Å². The van der Waals surface area contributed by atoms with Crippen LogP contribution < -0.4 is 5.32 Å². The summed E-state index contributed by atoms with van der Waals surface area (Å²) in [6.45, 7) is 5.50. The highest BCUT2D eigenvalue weighted by Gasteiger charge is 2.44. The molecule has 22 heavy (non-hydrogen) atoms. The molecule has 0 radical (unpaired) electrons. The Balaban J connectivity index is 2.18. The lowest BCUT2D eigenvalue weighted by atomic mass is 9.84. The predicted octanol–water partition coefficient (Wildman–Crippen LogP) is 4.20. The second-order valence-electron chi connectivity index (χ2n) is 6.48. The fraction of sp³-hybridized carbons (Fsp3) is 0.812. The maximum atomic E-state index is 13.6. The van der Waals surface area contributed by atoms with Gasteiger partial charge in [-0.05, 0) is 45.4 Å². The Labute approximate surface area is 130 Å². The number of hydrogen-bond donors (Lipinski definition) is 1. The van der Waals surface area contributed by atoms with E-state index < -0.39 is 12.2 Å². The molecule has 6 heteroatoms. The second kappa shape index (κ2) is 6.60. The maximum absolute atomic E-state index is 13.6. The molecule has 126 valence electrons. The van der Waals surface area contributed by atoms with Crippen LogP contribution in [0.1, 0.15) is 62.0 Å². The van der Waals surface area contributed by atoms with E-state index in [0.29, 0.717) is 17.3 Å². The van der Waals surface area contributed by atoms with Gasteiger partial charge < -0.3 is 0 Å². The molecule has 0 spiro atoms. The van der Waals surface area contributed by atoms with Gasteiger partial charge in [0.2, 0.25) is 0 Å². The van der Waals surface area contributed by atoms with Crippen molar-refractivity contribution in [3.8, 4) is 0 Å². The zero-order chi connectivity index (χ0) is 16.5. The van der Waals surface area contributed by atoms with Gasteiger partial charge in [-0.1, -0.05) is 13.3 Å². The predicted molar refractivity (Wildman–Crippen MR) is 80.7 cm³/mol. The molecule has 2 rings (SSSR count). The van der Waals surface area contributed by atoms with Gasteiger partial charge in [0.05, 0.1) is 5.69 Å². The zero-order valence-corrected chi connectivity index (χ0v) is 13.8. The molecule has 1 aliphatic carbocycles. The van der Waals surface area contributed by atoms with Gasteiger partial charge in [0, 0.05) is 24.3 Å². The highest BCUT2D eigenvalue weighted by Crippen LogP contribution is 2.38. The van der Waals surface area contributed by atoms with Gasteiger partial charge in [-0.25, -0.2) is 0 Å². The van der Waals surface area contributed by atoms with Crippen molar-refractivity contribution in [3.63, 3.8) is 0 Å². The summed E-state index contributed by atoms with van der Waals surface area (Å²) in [5, 5.41) is 7.01. The molecule has 0 saturated heterocycles. The van der Waals surface area contributed by atoms with E-state index in [9.17, 15) is 13.2 Å². The van der Waals surface area contributed by atoms with Crippen LogP contribution in [0, 0.1) is 19.8 Å². The first kappa shape index (κ1) is 17.3. The molecular formula is C16H26F3N3. The van der Waals surface area contributed by atoms with E-state index in [0.717, 1.165) is 32.1 Å². The summed E-state index contributed by atoms with van der Waals surface area (Å²) in [4.78, 5) is 0. The zero-order valence-electron chi connectivity index (χ0n) is 13.8. The minimum atomic E-state index is -4.31. The molecule has 0 bridgehead atoms. The van der Waals surface area contributed by atoms with Gasteiger partial charge in [0.1, 0.15) is 6.04 Å². The van der Waals surface area contributed by atoms with Crippen LogP contribution in [0.4, 0.5) is 13.2 Å². The molecule has 1 unspecified atom stereocenters. The van der Waals surface area contributed by atoms with Gasteiger partial charge in [0.25, 0.3) is 0 Å². The first-order valence-corrected chi connectivity index (χ1v) is 8.06. The fourth-order valence-corrected chi connectivity index (χ4v) is 3.52. The van der Waals surface area contributed by atoms with Crippen LogP contribution in [0.25, 0.3) is 0 Å². The number of halogens is 3. The molecule has 0 aromatic carbocycles. The lowest BCUT2D eigenvalue weighted by Crippen LogP contribution is -2.42. The third-order valence-corrected chi connectivity index (χ3v) is 5.01. The smallest absolute Gasteiger partial charge is 0.300 e. The van der Waals surface area contributed by atoms with Gasteiger partial charge in [-0.2, -0.15) is 18.3 Å².